The predicted molar refractivity (Wildman–Crippen MR) is 149 cm³/mol. The van der Waals surface area contributed by atoms with Crippen LogP contribution in [0, 0.1) is 0 Å². The number of likely N-dealkylation sites (N-methyl/N-ethyl adjacent to an activating group) is 1. The molecule has 0 amide bonds. The highest BCUT2D eigenvalue weighted by Gasteiger charge is 2.26. The van der Waals surface area contributed by atoms with Gasteiger partial charge in [-0.05, 0) is 68.4 Å². The Morgan fingerprint density at radius 2 is 1.62 bits per heavy atom. The molecule has 8 heteroatoms. The minimum atomic E-state index is 0.556. The average molecular weight is 498 g/mol. The zero-order valence-electron chi connectivity index (χ0n) is 21.7. The first-order valence-electron chi connectivity index (χ1n) is 13.2. The summed E-state index contributed by atoms with van der Waals surface area (Å²) in [7, 11) is 3.92. The van der Waals surface area contributed by atoms with Crippen molar-refractivity contribution in [3.05, 3.63) is 66.9 Å². The second kappa shape index (κ2) is 10.4. The Kier molecular flexibility index (Phi) is 6.68. The number of rotatable bonds is 6. The number of piperazine rings is 1. The van der Waals surface area contributed by atoms with E-state index in [1.165, 1.54) is 44.7 Å². The van der Waals surface area contributed by atoms with Crippen molar-refractivity contribution in [1.82, 2.24) is 24.4 Å². The van der Waals surface area contributed by atoms with Crippen LogP contribution < -0.4 is 15.0 Å². The first-order chi connectivity index (χ1) is 18.2. The number of hydrogen-bond donors (Lipinski definition) is 1. The highest BCUT2D eigenvalue weighted by molar-refractivity contribution is 5.72. The number of ether oxygens (including phenoxy) is 1. The standard InChI is InChI=1S/C29H35N7O/c1-33-17-19-35(20-18-33)24-13-15-34(16-14-24)23-9-7-22(8-10-23)31-29-30-21-25-11-12-27(36(25)32-29)26-5-3-4-6-28(26)37-2/h3-12,21,24H,13-20H2,1-2H3,(H,31,32). The summed E-state index contributed by atoms with van der Waals surface area (Å²) in [6.07, 6.45) is 4.32. The third kappa shape index (κ3) is 4.99. The molecule has 0 saturated carbocycles. The number of fused-ring (bicyclic) bond motifs is 1. The van der Waals surface area contributed by atoms with Gasteiger partial charge in [0.05, 0.1) is 24.5 Å². The molecule has 37 heavy (non-hydrogen) atoms. The Bertz CT molecular complexity index is 1340. The number of para-hydroxylation sites is 1. The van der Waals surface area contributed by atoms with Crippen LogP contribution in [0.4, 0.5) is 17.3 Å². The quantitative estimate of drug-likeness (QED) is 0.425. The fourth-order valence-corrected chi connectivity index (χ4v) is 5.58. The van der Waals surface area contributed by atoms with E-state index in [4.69, 9.17) is 9.84 Å². The molecular weight excluding hydrogens is 462 g/mol. The van der Waals surface area contributed by atoms with Gasteiger partial charge in [0.25, 0.3) is 0 Å². The van der Waals surface area contributed by atoms with E-state index in [1.807, 2.05) is 47.1 Å². The van der Waals surface area contributed by atoms with Gasteiger partial charge in [0.15, 0.2) is 0 Å². The van der Waals surface area contributed by atoms with Crippen molar-refractivity contribution in [1.29, 1.82) is 0 Å². The first kappa shape index (κ1) is 23.8. The summed E-state index contributed by atoms with van der Waals surface area (Å²) in [5.74, 6) is 1.37. The summed E-state index contributed by atoms with van der Waals surface area (Å²) >= 11 is 0. The highest BCUT2D eigenvalue weighted by atomic mass is 16.5. The topological polar surface area (TPSA) is 61.2 Å². The number of benzene rings is 2. The number of piperidine rings is 1. The van der Waals surface area contributed by atoms with Crippen LogP contribution >= 0.6 is 0 Å². The summed E-state index contributed by atoms with van der Waals surface area (Å²) in [4.78, 5) is 12.2. The molecule has 4 heterocycles. The summed E-state index contributed by atoms with van der Waals surface area (Å²) in [6.45, 7) is 7.03. The second-order valence-corrected chi connectivity index (χ2v) is 10.1. The van der Waals surface area contributed by atoms with Crippen LogP contribution in [0.1, 0.15) is 12.8 Å². The van der Waals surface area contributed by atoms with Gasteiger partial charge in [-0.25, -0.2) is 9.50 Å². The average Bonchev–Trinajstić information content (AvgIpc) is 3.37. The summed E-state index contributed by atoms with van der Waals surface area (Å²) in [5.41, 5.74) is 5.15. The van der Waals surface area contributed by atoms with Gasteiger partial charge < -0.3 is 19.9 Å². The lowest BCUT2D eigenvalue weighted by atomic mass is 10.0. The molecule has 0 spiro atoms. The third-order valence-electron chi connectivity index (χ3n) is 7.79. The van der Waals surface area contributed by atoms with E-state index in [0.717, 1.165) is 47.3 Å². The molecule has 0 unspecified atom stereocenters. The van der Waals surface area contributed by atoms with E-state index in [9.17, 15) is 0 Å². The molecule has 0 bridgehead atoms. The van der Waals surface area contributed by atoms with Gasteiger partial charge >= 0.3 is 0 Å². The normalized spacial score (nSPS) is 17.8. The van der Waals surface area contributed by atoms with Crippen LogP contribution in [0.15, 0.2) is 66.9 Å². The number of nitrogens with zero attached hydrogens (tertiary/aromatic N) is 6. The Labute approximate surface area is 218 Å². The van der Waals surface area contributed by atoms with E-state index in [0.29, 0.717) is 5.95 Å². The molecular formula is C29H35N7O. The van der Waals surface area contributed by atoms with E-state index in [2.05, 4.69) is 56.3 Å². The molecule has 0 atom stereocenters. The van der Waals surface area contributed by atoms with Crippen molar-refractivity contribution in [3.8, 4) is 17.0 Å². The van der Waals surface area contributed by atoms with E-state index in [1.54, 1.807) is 7.11 Å². The van der Waals surface area contributed by atoms with E-state index >= 15 is 0 Å². The fourth-order valence-electron chi connectivity index (χ4n) is 5.58. The molecule has 1 N–H and O–H groups in total. The minimum absolute atomic E-state index is 0.556. The minimum Gasteiger partial charge on any atom is -0.496 e. The molecule has 192 valence electrons. The number of aromatic nitrogens is 3. The maximum atomic E-state index is 5.57. The van der Waals surface area contributed by atoms with Crippen molar-refractivity contribution in [2.75, 3.05) is 63.6 Å². The van der Waals surface area contributed by atoms with Crippen LogP contribution in [0.25, 0.3) is 16.8 Å². The molecule has 2 aromatic heterocycles. The van der Waals surface area contributed by atoms with Gasteiger partial charge in [-0.15, -0.1) is 5.10 Å². The molecule has 8 nitrogen and oxygen atoms in total. The van der Waals surface area contributed by atoms with Crippen LogP contribution in [-0.2, 0) is 0 Å². The molecule has 2 aliphatic rings. The number of nitrogens with one attached hydrogen (secondary N) is 1. The lowest BCUT2D eigenvalue weighted by molar-refractivity contribution is 0.0982. The Hall–Kier alpha value is -3.62. The van der Waals surface area contributed by atoms with Gasteiger partial charge in [0, 0.05) is 62.2 Å². The molecule has 2 aliphatic heterocycles. The van der Waals surface area contributed by atoms with Crippen molar-refractivity contribution in [3.63, 3.8) is 0 Å². The smallest absolute Gasteiger partial charge is 0.245 e. The van der Waals surface area contributed by atoms with Gasteiger partial charge in [-0.3, -0.25) is 4.90 Å². The monoisotopic (exact) mass is 497 g/mol. The third-order valence-corrected chi connectivity index (χ3v) is 7.79. The number of hydrogen-bond acceptors (Lipinski definition) is 7. The largest absolute Gasteiger partial charge is 0.496 e. The highest BCUT2D eigenvalue weighted by Crippen LogP contribution is 2.31. The maximum absolute atomic E-state index is 5.57. The van der Waals surface area contributed by atoms with Crippen molar-refractivity contribution in [2.24, 2.45) is 0 Å². The van der Waals surface area contributed by atoms with E-state index < -0.39 is 0 Å². The maximum Gasteiger partial charge on any atom is 0.245 e. The zero-order chi connectivity index (χ0) is 25.2. The number of anilines is 3. The molecule has 2 saturated heterocycles. The van der Waals surface area contributed by atoms with Gasteiger partial charge in [0.2, 0.25) is 5.95 Å². The van der Waals surface area contributed by atoms with Crippen LogP contribution in [0.2, 0.25) is 0 Å². The zero-order valence-corrected chi connectivity index (χ0v) is 21.7. The van der Waals surface area contributed by atoms with Crippen molar-refractivity contribution < 1.29 is 4.74 Å². The molecule has 4 aromatic rings. The SMILES string of the molecule is COc1ccccc1-c1ccc2cnc(Nc3ccc(N4CCC(N5CCN(C)CC5)CC4)cc3)nn12. The lowest BCUT2D eigenvalue weighted by Crippen LogP contribution is -2.52. The Morgan fingerprint density at radius 1 is 0.865 bits per heavy atom. The fraction of sp³-hybridized carbons (Fsp3) is 0.379. The molecule has 0 aliphatic carbocycles. The van der Waals surface area contributed by atoms with Crippen molar-refractivity contribution in [2.45, 2.75) is 18.9 Å². The summed E-state index contributed by atoms with van der Waals surface area (Å²) < 4.78 is 7.47. The number of methoxy groups -OCH3 is 1. The van der Waals surface area contributed by atoms with Crippen LogP contribution in [0.3, 0.4) is 0 Å². The van der Waals surface area contributed by atoms with Gasteiger partial charge in [-0.2, -0.15) is 0 Å². The molecule has 0 radical (unpaired) electrons. The van der Waals surface area contributed by atoms with Gasteiger partial charge in [-0.1, -0.05) is 12.1 Å². The van der Waals surface area contributed by atoms with Crippen LogP contribution in [-0.4, -0.2) is 83.9 Å². The summed E-state index contributed by atoms with van der Waals surface area (Å²) in [6, 6.07) is 21.4. The lowest BCUT2D eigenvalue weighted by Gasteiger charge is -2.42. The van der Waals surface area contributed by atoms with E-state index in [-0.39, 0.29) is 0 Å². The Morgan fingerprint density at radius 3 is 2.38 bits per heavy atom. The Balaban J connectivity index is 1.12. The molecule has 2 aromatic carbocycles. The van der Waals surface area contributed by atoms with Crippen molar-refractivity contribution >= 4 is 22.8 Å². The second-order valence-electron chi connectivity index (χ2n) is 10.1. The van der Waals surface area contributed by atoms with Gasteiger partial charge in [0.1, 0.15) is 5.75 Å². The first-order valence-corrected chi connectivity index (χ1v) is 13.2. The summed E-state index contributed by atoms with van der Waals surface area (Å²) in [5, 5.41) is 8.15. The molecule has 2 fully saturated rings. The molecule has 6 rings (SSSR count). The van der Waals surface area contributed by atoms with Crippen LogP contribution in [0.5, 0.6) is 5.75 Å². The predicted octanol–water partition coefficient (Wildman–Crippen LogP) is 4.36.